The molecule has 0 saturated heterocycles. The molecule has 1 aliphatic carbocycles. The lowest BCUT2D eigenvalue weighted by molar-refractivity contribution is -0.142. The van der Waals surface area contributed by atoms with Crippen molar-refractivity contribution in [2.45, 2.75) is 31.7 Å². The number of ether oxygens (including phenoxy) is 3. The first kappa shape index (κ1) is 16.4. The van der Waals surface area contributed by atoms with E-state index in [0.29, 0.717) is 61.7 Å². The maximum atomic E-state index is 12.5. The van der Waals surface area contributed by atoms with Crippen molar-refractivity contribution in [1.29, 1.82) is 0 Å². The van der Waals surface area contributed by atoms with Crippen LogP contribution in [0.2, 0.25) is 0 Å². The number of methoxy groups -OCH3 is 1. The van der Waals surface area contributed by atoms with Crippen LogP contribution in [0.25, 0.3) is 0 Å². The third-order valence-electron chi connectivity index (χ3n) is 4.50. The Morgan fingerprint density at radius 3 is 2.54 bits per heavy atom. The number of carbonyl (C=O) groups is 2. The normalized spacial score (nSPS) is 22.5. The molecule has 24 heavy (non-hydrogen) atoms. The Kier molecular flexibility index (Phi) is 4.78. The molecule has 0 bridgehead atoms. The highest BCUT2D eigenvalue weighted by molar-refractivity contribution is 5.95. The Labute approximate surface area is 139 Å². The molecule has 0 aromatic heterocycles. The van der Waals surface area contributed by atoms with Crippen molar-refractivity contribution in [2.75, 3.05) is 20.3 Å². The number of benzene rings is 1. The summed E-state index contributed by atoms with van der Waals surface area (Å²) in [5.41, 5.74) is 0.441. The maximum Gasteiger partial charge on any atom is 0.306 e. The van der Waals surface area contributed by atoms with Gasteiger partial charge in [0.15, 0.2) is 11.5 Å². The van der Waals surface area contributed by atoms with Crippen molar-refractivity contribution in [2.24, 2.45) is 5.92 Å². The van der Waals surface area contributed by atoms with Crippen molar-refractivity contribution in [3.05, 3.63) is 17.7 Å². The molecule has 1 fully saturated rings. The largest absolute Gasteiger partial charge is 0.493 e. The third kappa shape index (κ3) is 3.39. The third-order valence-corrected chi connectivity index (χ3v) is 4.50. The fourth-order valence-corrected chi connectivity index (χ4v) is 3.16. The highest BCUT2D eigenvalue weighted by atomic mass is 16.6. The van der Waals surface area contributed by atoms with Gasteiger partial charge in [-0.3, -0.25) is 9.59 Å². The number of rotatable bonds is 4. The average molecular weight is 335 g/mol. The summed E-state index contributed by atoms with van der Waals surface area (Å²) in [7, 11) is 1.52. The Balaban J connectivity index is 1.68. The smallest absolute Gasteiger partial charge is 0.306 e. The molecule has 2 N–H and O–H groups in total. The molecule has 0 radical (unpaired) electrons. The zero-order chi connectivity index (χ0) is 17.1. The summed E-state index contributed by atoms with van der Waals surface area (Å²) in [6, 6.07) is 3.27. The van der Waals surface area contributed by atoms with Crippen LogP contribution >= 0.6 is 0 Å². The van der Waals surface area contributed by atoms with Crippen LogP contribution in [0.15, 0.2) is 12.1 Å². The number of hydrogen-bond donors (Lipinski definition) is 2. The molecule has 3 rings (SSSR count). The van der Waals surface area contributed by atoms with Crippen molar-refractivity contribution in [3.8, 4) is 17.2 Å². The number of amides is 1. The molecule has 7 nitrogen and oxygen atoms in total. The van der Waals surface area contributed by atoms with E-state index in [1.807, 2.05) is 0 Å². The summed E-state index contributed by atoms with van der Waals surface area (Å²) in [5, 5.41) is 12.0. The number of carbonyl (C=O) groups excluding carboxylic acids is 1. The van der Waals surface area contributed by atoms with Crippen LogP contribution in [-0.2, 0) is 4.79 Å². The van der Waals surface area contributed by atoms with Crippen LogP contribution < -0.4 is 19.5 Å². The summed E-state index contributed by atoms with van der Waals surface area (Å²) in [6.07, 6.45) is 2.52. The highest BCUT2D eigenvalue weighted by Crippen LogP contribution is 2.40. The zero-order valence-corrected chi connectivity index (χ0v) is 13.5. The lowest BCUT2D eigenvalue weighted by Gasteiger charge is -2.27. The van der Waals surface area contributed by atoms with Crippen LogP contribution in [0.3, 0.4) is 0 Å². The Morgan fingerprint density at radius 2 is 1.88 bits per heavy atom. The molecule has 1 amide bonds. The number of nitrogens with one attached hydrogen (secondary N) is 1. The van der Waals surface area contributed by atoms with Crippen molar-refractivity contribution in [1.82, 2.24) is 5.32 Å². The second-order valence-corrected chi connectivity index (χ2v) is 6.06. The molecule has 1 heterocycles. The topological polar surface area (TPSA) is 94.1 Å². The lowest BCUT2D eigenvalue weighted by Crippen LogP contribution is -2.38. The van der Waals surface area contributed by atoms with E-state index in [2.05, 4.69) is 5.32 Å². The number of carboxylic acid groups (broad SMARTS) is 1. The predicted molar refractivity (Wildman–Crippen MR) is 84.8 cm³/mol. The van der Waals surface area contributed by atoms with Gasteiger partial charge < -0.3 is 24.6 Å². The number of fused-ring (bicyclic) bond motifs is 1. The second kappa shape index (κ2) is 6.98. The average Bonchev–Trinajstić information content (AvgIpc) is 2.61. The first-order valence-corrected chi connectivity index (χ1v) is 8.09. The van der Waals surface area contributed by atoms with Crippen LogP contribution in [0.1, 0.15) is 36.0 Å². The van der Waals surface area contributed by atoms with E-state index in [4.69, 9.17) is 19.3 Å². The van der Waals surface area contributed by atoms with Crippen molar-refractivity contribution in [3.63, 3.8) is 0 Å². The molecular weight excluding hydrogens is 314 g/mol. The lowest BCUT2D eigenvalue weighted by atomic mass is 9.86. The number of hydrogen-bond acceptors (Lipinski definition) is 5. The van der Waals surface area contributed by atoms with E-state index in [9.17, 15) is 9.59 Å². The van der Waals surface area contributed by atoms with Crippen LogP contribution in [0, 0.1) is 5.92 Å². The summed E-state index contributed by atoms with van der Waals surface area (Å²) < 4.78 is 16.3. The molecule has 130 valence electrons. The quantitative estimate of drug-likeness (QED) is 0.872. The molecule has 1 aromatic carbocycles. The standard InChI is InChI=1S/C17H21NO6/c1-22-13-8-11(9-14-15(13)24-7-6-23-14)16(19)18-12-4-2-10(3-5-12)17(20)21/h8-10,12H,2-7H2,1H3,(H,18,19)(H,20,21). The molecule has 0 spiro atoms. The fraction of sp³-hybridized carbons (Fsp3) is 0.529. The van der Waals surface area contributed by atoms with Crippen molar-refractivity contribution >= 4 is 11.9 Å². The SMILES string of the molecule is COc1cc(C(=O)NC2CCC(C(=O)O)CC2)cc2c1OCCO2. The molecule has 1 saturated carbocycles. The van der Waals surface area contributed by atoms with E-state index >= 15 is 0 Å². The van der Waals surface area contributed by atoms with Gasteiger partial charge in [0, 0.05) is 11.6 Å². The van der Waals surface area contributed by atoms with Gasteiger partial charge in [0.05, 0.1) is 13.0 Å². The second-order valence-electron chi connectivity index (χ2n) is 6.06. The van der Waals surface area contributed by atoms with E-state index in [1.165, 1.54) is 7.11 Å². The Hall–Kier alpha value is -2.44. The molecule has 0 unspecified atom stereocenters. The molecular formula is C17H21NO6. The minimum atomic E-state index is -0.753. The van der Waals surface area contributed by atoms with Gasteiger partial charge in [-0.1, -0.05) is 0 Å². The van der Waals surface area contributed by atoms with Crippen LogP contribution in [-0.4, -0.2) is 43.3 Å². The van der Waals surface area contributed by atoms with Gasteiger partial charge in [0.25, 0.3) is 5.91 Å². The Bertz CT molecular complexity index is 619. The van der Waals surface area contributed by atoms with Crippen LogP contribution in [0.5, 0.6) is 17.2 Å². The predicted octanol–water partition coefficient (Wildman–Crippen LogP) is 1.84. The summed E-state index contributed by atoms with van der Waals surface area (Å²) in [5.74, 6) is 0.211. The summed E-state index contributed by atoms with van der Waals surface area (Å²) >= 11 is 0. The van der Waals surface area contributed by atoms with Gasteiger partial charge in [-0.15, -0.1) is 0 Å². The van der Waals surface area contributed by atoms with Crippen molar-refractivity contribution < 1.29 is 28.9 Å². The molecule has 2 aliphatic rings. The molecule has 1 aromatic rings. The molecule has 1 aliphatic heterocycles. The first-order valence-electron chi connectivity index (χ1n) is 8.09. The van der Waals surface area contributed by atoms with Crippen LogP contribution in [0.4, 0.5) is 0 Å². The Morgan fingerprint density at radius 1 is 1.17 bits per heavy atom. The number of carboxylic acids is 1. The van der Waals surface area contributed by atoms with E-state index in [0.717, 1.165) is 0 Å². The fourth-order valence-electron chi connectivity index (χ4n) is 3.16. The highest BCUT2D eigenvalue weighted by Gasteiger charge is 2.28. The van der Waals surface area contributed by atoms with Gasteiger partial charge in [0.1, 0.15) is 13.2 Å². The number of aliphatic carboxylic acids is 1. The summed E-state index contributed by atoms with van der Waals surface area (Å²) in [4.78, 5) is 23.5. The van der Waals surface area contributed by atoms with E-state index in [1.54, 1.807) is 12.1 Å². The van der Waals surface area contributed by atoms with Gasteiger partial charge in [0.2, 0.25) is 5.75 Å². The zero-order valence-electron chi connectivity index (χ0n) is 13.5. The first-order chi connectivity index (χ1) is 11.6. The summed E-state index contributed by atoms with van der Waals surface area (Å²) in [6.45, 7) is 0.877. The molecule has 7 heteroatoms. The minimum Gasteiger partial charge on any atom is -0.493 e. The molecule has 0 atom stereocenters. The van der Waals surface area contributed by atoms with Gasteiger partial charge in [-0.2, -0.15) is 0 Å². The van der Waals surface area contributed by atoms with E-state index < -0.39 is 5.97 Å². The van der Waals surface area contributed by atoms with Gasteiger partial charge in [-0.05, 0) is 37.8 Å². The van der Waals surface area contributed by atoms with Gasteiger partial charge in [-0.25, -0.2) is 0 Å². The van der Waals surface area contributed by atoms with E-state index in [-0.39, 0.29) is 17.9 Å². The monoisotopic (exact) mass is 335 g/mol. The maximum absolute atomic E-state index is 12.5. The minimum absolute atomic E-state index is 0.00713. The van der Waals surface area contributed by atoms with Gasteiger partial charge >= 0.3 is 5.97 Å².